The number of hydrogen-bond acceptors (Lipinski definition) is 5. The molecule has 0 unspecified atom stereocenters. The van der Waals surface area contributed by atoms with Gasteiger partial charge in [-0.15, -0.1) is 0 Å². The van der Waals surface area contributed by atoms with E-state index in [1.165, 1.54) is 0 Å². The number of hydrogen-bond donors (Lipinski definition) is 2. The molecule has 0 spiro atoms. The zero-order chi connectivity index (χ0) is 21.3. The Hall–Kier alpha value is -3.35. The van der Waals surface area contributed by atoms with Gasteiger partial charge < -0.3 is 20.3 Å². The van der Waals surface area contributed by atoms with Gasteiger partial charge in [0.2, 0.25) is 5.91 Å². The van der Waals surface area contributed by atoms with Crippen LogP contribution in [0, 0.1) is 5.92 Å². The lowest BCUT2D eigenvalue weighted by Crippen LogP contribution is -2.43. The third-order valence-corrected chi connectivity index (χ3v) is 5.07. The Bertz CT molecular complexity index is 877. The fourth-order valence-corrected chi connectivity index (χ4v) is 3.41. The molecule has 2 aromatic rings. The number of nitrogens with one attached hydrogen (secondary N) is 2. The van der Waals surface area contributed by atoms with Gasteiger partial charge in [-0.2, -0.15) is 0 Å². The van der Waals surface area contributed by atoms with Crippen LogP contribution in [0.3, 0.4) is 0 Å². The molecule has 0 bridgehead atoms. The van der Waals surface area contributed by atoms with E-state index < -0.39 is 0 Å². The molecule has 3 rings (SSSR count). The highest BCUT2D eigenvalue weighted by Crippen LogP contribution is 2.20. The van der Waals surface area contributed by atoms with Crippen LogP contribution < -0.4 is 10.6 Å². The first kappa shape index (κ1) is 21.4. The van der Waals surface area contributed by atoms with Crippen molar-refractivity contribution in [3.8, 4) is 0 Å². The first-order valence-electron chi connectivity index (χ1n) is 10.2. The second-order valence-electron chi connectivity index (χ2n) is 7.16. The summed E-state index contributed by atoms with van der Waals surface area (Å²) in [5.41, 5.74) is 1.98. The van der Waals surface area contributed by atoms with Gasteiger partial charge in [0.1, 0.15) is 0 Å². The molecule has 1 aliphatic heterocycles. The molecule has 7 nitrogen and oxygen atoms in total. The summed E-state index contributed by atoms with van der Waals surface area (Å²) < 4.78 is 5.06. The molecule has 1 heterocycles. The lowest BCUT2D eigenvalue weighted by molar-refractivity contribution is -0.151. The number of ether oxygens (including phenoxy) is 1. The largest absolute Gasteiger partial charge is 0.466 e. The molecule has 2 N–H and O–H groups in total. The molecule has 1 fully saturated rings. The van der Waals surface area contributed by atoms with Gasteiger partial charge in [0.25, 0.3) is 5.91 Å². The van der Waals surface area contributed by atoms with E-state index in [0.717, 1.165) is 5.69 Å². The second-order valence-corrected chi connectivity index (χ2v) is 7.16. The number of piperidine rings is 1. The fraction of sp³-hybridized carbons (Fsp3) is 0.348. The van der Waals surface area contributed by atoms with Gasteiger partial charge in [0.05, 0.1) is 19.1 Å². The summed E-state index contributed by atoms with van der Waals surface area (Å²) in [7, 11) is 0. The van der Waals surface area contributed by atoms with Crippen LogP contribution in [0.25, 0.3) is 0 Å². The van der Waals surface area contributed by atoms with Crippen molar-refractivity contribution in [2.45, 2.75) is 19.8 Å². The summed E-state index contributed by atoms with van der Waals surface area (Å²) in [6, 6.07) is 16.2. The molecular weight excluding hydrogens is 382 g/mol. The van der Waals surface area contributed by atoms with Crippen molar-refractivity contribution in [3.05, 3.63) is 60.2 Å². The summed E-state index contributed by atoms with van der Waals surface area (Å²) in [4.78, 5) is 38.4. The highest BCUT2D eigenvalue weighted by molar-refractivity contribution is 6.04. The molecule has 0 saturated carbocycles. The molecular formula is C23H27N3O4. The van der Waals surface area contributed by atoms with Crippen LogP contribution in [0.2, 0.25) is 0 Å². The molecule has 1 aliphatic rings. The number of benzene rings is 2. The molecule has 30 heavy (non-hydrogen) atoms. The Morgan fingerprint density at radius 1 is 1.00 bits per heavy atom. The van der Waals surface area contributed by atoms with Crippen molar-refractivity contribution in [1.29, 1.82) is 0 Å². The number of rotatable bonds is 7. The zero-order valence-corrected chi connectivity index (χ0v) is 17.1. The highest BCUT2D eigenvalue weighted by atomic mass is 16.5. The monoisotopic (exact) mass is 409 g/mol. The minimum absolute atomic E-state index is 0.0176. The predicted octanol–water partition coefficient (Wildman–Crippen LogP) is 3.15. The number of carbonyl (C=O) groups is 3. The Morgan fingerprint density at radius 2 is 1.70 bits per heavy atom. The third-order valence-electron chi connectivity index (χ3n) is 5.07. The third kappa shape index (κ3) is 5.83. The predicted molar refractivity (Wildman–Crippen MR) is 115 cm³/mol. The average Bonchev–Trinajstić information content (AvgIpc) is 2.78. The lowest BCUT2D eigenvalue weighted by atomic mass is 9.97. The van der Waals surface area contributed by atoms with Gasteiger partial charge in [0, 0.05) is 30.0 Å². The first-order chi connectivity index (χ1) is 14.6. The topological polar surface area (TPSA) is 87.7 Å². The van der Waals surface area contributed by atoms with E-state index in [4.69, 9.17) is 4.74 Å². The van der Waals surface area contributed by atoms with Crippen molar-refractivity contribution in [2.75, 3.05) is 36.9 Å². The highest BCUT2D eigenvalue weighted by Gasteiger charge is 2.27. The van der Waals surface area contributed by atoms with Gasteiger partial charge in [-0.3, -0.25) is 14.4 Å². The Kier molecular flexibility index (Phi) is 7.43. The van der Waals surface area contributed by atoms with Gasteiger partial charge in [-0.05, 0) is 50.1 Å². The maximum absolute atomic E-state index is 12.5. The molecule has 2 amide bonds. The van der Waals surface area contributed by atoms with E-state index in [1.807, 2.05) is 30.3 Å². The van der Waals surface area contributed by atoms with Crippen LogP contribution in [-0.2, 0) is 14.3 Å². The lowest BCUT2D eigenvalue weighted by Gasteiger charge is -2.31. The van der Waals surface area contributed by atoms with Crippen molar-refractivity contribution in [2.24, 2.45) is 5.92 Å². The summed E-state index contributed by atoms with van der Waals surface area (Å²) in [6.07, 6.45) is 1.26. The number of amides is 2. The minimum atomic E-state index is -0.187. The van der Waals surface area contributed by atoms with Crippen molar-refractivity contribution >= 4 is 29.2 Å². The van der Waals surface area contributed by atoms with Gasteiger partial charge in [-0.1, -0.05) is 24.3 Å². The van der Waals surface area contributed by atoms with E-state index in [0.29, 0.717) is 43.8 Å². The van der Waals surface area contributed by atoms with E-state index >= 15 is 0 Å². The van der Waals surface area contributed by atoms with E-state index in [2.05, 4.69) is 10.6 Å². The Labute approximate surface area is 176 Å². The van der Waals surface area contributed by atoms with Crippen LogP contribution in [0.4, 0.5) is 11.4 Å². The summed E-state index contributed by atoms with van der Waals surface area (Å²) in [6.45, 7) is 3.44. The number of carbonyl (C=O) groups excluding carboxylic acids is 3. The van der Waals surface area contributed by atoms with Crippen LogP contribution in [0.5, 0.6) is 0 Å². The smallest absolute Gasteiger partial charge is 0.309 e. The van der Waals surface area contributed by atoms with Gasteiger partial charge in [-0.25, -0.2) is 0 Å². The molecule has 158 valence electrons. The van der Waals surface area contributed by atoms with Crippen molar-refractivity contribution in [1.82, 2.24) is 4.90 Å². The molecule has 0 radical (unpaired) electrons. The number of nitrogens with zero attached hydrogens (tertiary/aromatic N) is 1. The summed E-state index contributed by atoms with van der Waals surface area (Å²) >= 11 is 0. The SMILES string of the molecule is CCOC(=O)C1CCN(C(=O)CNc2cccc(NC(=O)c3ccccc3)c2)CC1. The number of anilines is 2. The normalized spacial score (nSPS) is 14.1. The van der Waals surface area contributed by atoms with Gasteiger partial charge >= 0.3 is 5.97 Å². The first-order valence-corrected chi connectivity index (χ1v) is 10.2. The Morgan fingerprint density at radius 3 is 2.40 bits per heavy atom. The quantitative estimate of drug-likeness (QED) is 0.686. The van der Waals surface area contributed by atoms with Crippen LogP contribution in [0.1, 0.15) is 30.1 Å². The van der Waals surface area contributed by atoms with E-state index in [1.54, 1.807) is 36.1 Å². The van der Waals surface area contributed by atoms with Crippen molar-refractivity contribution < 1.29 is 19.1 Å². The summed E-state index contributed by atoms with van der Waals surface area (Å²) in [5, 5.41) is 5.97. The average molecular weight is 409 g/mol. The zero-order valence-electron chi connectivity index (χ0n) is 17.1. The molecule has 0 aromatic heterocycles. The van der Waals surface area contributed by atoms with Crippen LogP contribution in [-0.4, -0.2) is 48.9 Å². The molecule has 1 saturated heterocycles. The van der Waals surface area contributed by atoms with Crippen LogP contribution >= 0.6 is 0 Å². The van der Waals surface area contributed by atoms with Crippen LogP contribution in [0.15, 0.2) is 54.6 Å². The van der Waals surface area contributed by atoms with Crippen molar-refractivity contribution in [3.63, 3.8) is 0 Å². The van der Waals surface area contributed by atoms with E-state index in [9.17, 15) is 14.4 Å². The number of likely N-dealkylation sites (tertiary alicyclic amines) is 1. The molecule has 7 heteroatoms. The second kappa shape index (κ2) is 10.4. The van der Waals surface area contributed by atoms with Gasteiger partial charge in [0.15, 0.2) is 0 Å². The molecule has 0 aliphatic carbocycles. The standard InChI is InChI=1S/C23H27N3O4/c1-2-30-23(29)18-11-13-26(14-12-18)21(27)16-24-19-9-6-10-20(15-19)25-22(28)17-7-4-3-5-8-17/h3-10,15,18,24H,2,11-14,16H2,1H3,(H,25,28). The maximum Gasteiger partial charge on any atom is 0.309 e. The Balaban J connectivity index is 1.48. The fourth-order valence-electron chi connectivity index (χ4n) is 3.41. The van der Waals surface area contributed by atoms with E-state index in [-0.39, 0.29) is 30.2 Å². The molecule has 0 atom stereocenters. The maximum atomic E-state index is 12.5. The summed E-state index contributed by atoms with van der Waals surface area (Å²) in [5.74, 6) is -0.492. The minimum Gasteiger partial charge on any atom is -0.466 e. The molecule has 2 aromatic carbocycles. The number of esters is 1.